The van der Waals surface area contributed by atoms with E-state index in [1.54, 1.807) is 6.07 Å². The van der Waals surface area contributed by atoms with Crippen molar-refractivity contribution in [1.82, 2.24) is 0 Å². The van der Waals surface area contributed by atoms with Gasteiger partial charge in [0.05, 0.1) is 12.2 Å². The van der Waals surface area contributed by atoms with Crippen LogP contribution >= 0.6 is 27.5 Å². The third-order valence-corrected chi connectivity index (χ3v) is 2.90. The van der Waals surface area contributed by atoms with Crippen LogP contribution in [0.15, 0.2) is 21.8 Å². The molecule has 1 aromatic rings. The number of aryl methyl sites for hydroxylation is 1. The van der Waals surface area contributed by atoms with Crippen LogP contribution in [-0.2, 0) is 0 Å². The monoisotopic (exact) mass is 291 g/mol. The van der Waals surface area contributed by atoms with Crippen molar-refractivity contribution in [3.63, 3.8) is 0 Å². The number of oxime groups is 1. The van der Waals surface area contributed by atoms with Crippen molar-refractivity contribution >= 4 is 39.1 Å². The normalized spacial score (nSPS) is 11.5. The summed E-state index contributed by atoms with van der Waals surface area (Å²) in [6, 6.07) is 3.68. The van der Waals surface area contributed by atoms with E-state index in [1.165, 1.54) is 0 Å². The summed E-state index contributed by atoms with van der Waals surface area (Å²) in [5.74, 6) is 0.110. The maximum absolute atomic E-state index is 8.37. The molecule has 1 aromatic carbocycles. The highest BCUT2D eigenvalue weighted by atomic mass is 79.9. The highest BCUT2D eigenvalue weighted by molar-refractivity contribution is 9.10. The molecule has 0 aliphatic heterocycles. The molecule has 4 nitrogen and oxygen atoms in total. The number of amidine groups is 1. The zero-order valence-electron chi connectivity index (χ0n) is 8.09. The number of benzene rings is 1. The predicted octanol–water partition coefficient (Wildman–Crippen LogP) is 2.57. The van der Waals surface area contributed by atoms with Crippen molar-refractivity contribution in [2.24, 2.45) is 10.9 Å². The molecular weight excluding hydrogens is 281 g/mol. The Morgan fingerprint density at radius 2 is 2.33 bits per heavy atom. The Morgan fingerprint density at radius 3 is 2.93 bits per heavy atom. The molecule has 0 saturated carbocycles. The fraction of sp³-hybridized carbons (Fsp3) is 0.222. The van der Waals surface area contributed by atoms with E-state index in [1.807, 2.05) is 13.0 Å². The number of hydrogen-bond donors (Lipinski definition) is 3. The predicted molar refractivity (Wildman–Crippen MR) is 65.8 cm³/mol. The first kappa shape index (κ1) is 12.1. The first-order chi connectivity index (χ1) is 7.04. The molecule has 0 aliphatic carbocycles. The Morgan fingerprint density at radius 1 is 1.67 bits per heavy atom. The molecule has 1 rings (SSSR count). The zero-order chi connectivity index (χ0) is 11.4. The van der Waals surface area contributed by atoms with Gasteiger partial charge in [0.25, 0.3) is 0 Å². The smallest absolute Gasteiger partial charge is 0.158 e. The van der Waals surface area contributed by atoms with Gasteiger partial charge in [0.2, 0.25) is 0 Å². The summed E-state index contributed by atoms with van der Waals surface area (Å²) in [5.41, 5.74) is 7.12. The zero-order valence-corrected chi connectivity index (χ0v) is 10.4. The van der Waals surface area contributed by atoms with Gasteiger partial charge in [-0.25, -0.2) is 0 Å². The molecule has 0 aromatic heterocycles. The van der Waals surface area contributed by atoms with Gasteiger partial charge in [-0.05, 0) is 40.5 Å². The SMILES string of the molecule is Cc1cc(Br)c(NC/C(N)=N/O)cc1Cl. The summed E-state index contributed by atoms with van der Waals surface area (Å²) in [7, 11) is 0. The molecule has 0 fully saturated rings. The number of rotatable bonds is 3. The number of nitrogens with zero attached hydrogens (tertiary/aromatic N) is 1. The van der Waals surface area contributed by atoms with Crippen LogP contribution in [0, 0.1) is 6.92 Å². The molecule has 0 spiro atoms. The Bertz CT molecular complexity index is 395. The molecule has 0 saturated heterocycles. The van der Waals surface area contributed by atoms with Gasteiger partial charge in [0, 0.05) is 9.50 Å². The van der Waals surface area contributed by atoms with Gasteiger partial charge in [-0.3, -0.25) is 0 Å². The molecule has 0 aliphatic rings. The highest BCUT2D eigenvalue weighted by Gasteiger charge is 2.04. The second-order valence-electron chi connectivity index (χ2n) is 3.03. The van der Waals surface area contributed by atoms with Crippen LogP contribution in [0.4, 0.5) is 5.69 Å². The molecule has 0 atom stereocenters. The van der Waals surface area contributed by atoms with E-state index < -0.39 is 0 Å². The first-order valence-corrected chi connectivity index (χ1v) is 5.37. The van der Waals surface area contributed by atoms with Crippen molar-refractivity contribution in [2.75, 3.05) is 11.9 Å². The molecular formula is C9H11BrClN3O. The van der Waals surface area contributed by atoms with Crippen molar-refractivity contribution < 1.29 is 5.21 Å². The van der Waals surface area contributed by atoms with Crippen LogP contribution in [0.2, 0.25) is 5.02 Å². The lowest BCUT2D eigenvalue weighted by Gasteiger charge is -2.09. The van der Waals surface area contributed by atoms with Crippen LogP contribution in [0.5, 0.6) is 0 Å². The fourth-order valence-electron chi connectivity index (χ4n) is 1.00. The standard InChI is InChI=1S/C9H11BrClN3O/c1-5-2-6(10)8(3-7(5)11)13-4-9(12)14-15/h2-3,13,15H,4H2,1H3,(H2,12,14). The van der Waals surface area contributed by atoms with Gasteiger partial charge < -0.3 is 16.3 Å². The summed E-state index contributed by atoms with van der Waals surface area (Å²) in [6.45, 7) is 2.18. The molecule has 4 N–H and O–H groups in total. The molecule has 0 amide bonds. The van der Waals surface area contributed by atoms with E-state index in [0.717, 1.165) is 15.7 Å². The Balaban J connectivity index is 2.82. The van der Waals surface area contributed by atoms with Gasteiger partial charge >= 0.3 is 0 Å². The van der Waals surface area contributed by atoms with Gasteiger partial charge in [-0.15, -0.1) is 0 Å². The summed E-state index contributed by atoms with van der Waals surface area (Å²) >= 11 is 9.35. The number of nitrogens with two attached hydrogens (primary N) is 1. The minimum Gasteiger partial charge on any atom is -0.409 e. The minimum atomic E-state index is 0.110. The lowest BCUT2D eigenvalue weighted by atomic mass is 10.2. The quantitative estimate of drug-likeness (QED) is 0.347. The van der Waals surface area contributed by atoms with Crippen molar-refractivity contribution in [3.05, 3.63) is 27.2 Å². The van der Waals surface area contributed by atoms with Crippen LogP contribution in [0.25, 0.3) is 0 Å². The second kappa shape index (κ2) is 5.23. The molecule has 0 unspecified atom stereocenters. The number of anilines is 1. The average molecular weight is 293 g/mol. The van der Waals surface area contributed by atoms with E-state index >= 15 is 0 Å². The topological polar surface area (TPSA) is 70.6 Å². The molecule has 6 heteroatoms. The molecule has 0 radical (unpaired) electrons. The molecule has 82 valence electrons. The number of nitrogens with one attached hydrogen (secondary N) is 1. The van der Waals surface area contributed by atoms with Crippen molar-refractivity contribution in [3.8, 4) is 0 Å². The number of hydrogen-bond acceptors (Lipinski definition) is 3. The maximum atomic E-state index is 8.37. The fourth-order valence-corrected chi connectivity index (χ4v) is 1.76. The molecule has 0 heterocycles. The van der Waals surface area contributed by atoms with Crippen LogP contribution in [0.3, 0.4) is 0 Å². The highest BCUT2D eigenvalue weighted by Crippen LogP contribution is 2.28. The lowest BCUT2D eigenvalue weighted by molar-refractivity contribution is 0.317. The lowest BCUT2D eigenvalue weighted by Crippen LogP contribution is -2.22. The van der Waals surface area contributed by atoms with E-state index in [0.29, 0.717) is 5.02 Å². The van der Waals surface area contributed by atoms with Gasteiger partial charge in [-0.1, -0.05) is 16.8 Å². The maximum Gasteiger partial charge on any atom is 0.158 e. The Labute approximate surface area is 101 Å². The minimum absolute atomic E-state index is 0.110. The van der Waals surface area contributed by atoms with Gasteiger partial charge in [0.15, 0.2) is 5.84 Å². The van der Waals surface area contributed by atoms with E-state index in [4.69, 9.17) is 22.5 Å². The number of halogens is 2. The molecule has 15 heavy (non-hydrogen) atoms. The van der Waals surface area contributed by atoms with Crippen molar-refractivity contribution in [1.29, 1.82) is 0 Å². The van der Waals surface area contributed by atoms with E-state index in [9.17, 15) is 0 Å². The largest absolute Gasteiger partial charge is 0.409 e. The molecule has 0 bridgehead atoms. The average Bonchev–Trinajstić information content (AvgIpc) is 2.21. The summed E-state index contributed by atoms with van der Waals surface area (Å²) in [5, 5.41) is 14.9. The van der Waals surface area contributed by atoms with Crippen molar-refractivity contribution in [2.45, 2.75) is 6.92 Å². The first-order valence-electron chi connectivity index (χ1n) is 4.20. The summed E-state index contributed by atoms with van der Waals surface area (Å²) in [6.07, 6.45) is 0. The van der Waals surface area contributed by atoms with Gasteiger partial charge in [0.1, 0.15) is 0 Å². The van der Waals surface area contributed by atoms with Crippen LogP contribution < -0.4 is 11.1 Å². The van der Waals surface area contributed by atoms with E-state index in [-0.39, 0.29) is 12.4 Å². The summed E-state index contributed by atoms with van der Waals surface area (Å²) < 4.78 is 0.884. The van der Waals surface area contributed by atoms with E-state index in [2.05, 4.69) is 26.4 Å². The second-order valence-corrected chi connectivity index (χ2v) is 4.29. The Kier molecular flexibility index (Phi) is 4.23. The Hall–Kier alpha value is -0.940. The van der Waals surface area contributed by atoms with Gasteiger partial charge in [-0.2, -0.15) is 0 Å². The summed E-state index contributed by atoms with van der Waals surface area (Å²) in [4.78, 5) is 0. The van der Waals surface area contributed by atoms with Crippen LogP contribution in [-0.4, -0.2) is 17.6 Å². The van der Waals surface area contributed by atoms with Crippen LogP contribution in [0.1, 0.15) is 5.56 Å². The third-order valence-electron chi connectivity index (χ3n) is 1.84. The third kappa shape index (κ3) is 3.28.